The molecule has 2 aromatic rings. The first-order valence-electron chi connectivity index (χ1n) is 9.56. The summed E-state index contributed by atoms with van der Waals surface area (Å²) in [6.07, 6.45) is 6.51. The minimum absolute atomic E-state index is 0.0625. The van der Waals surface area contributed by atoms with Gasteiger partial charge in [-0.25, -0.2) is 0 Å². The van der Waals surface area contributed by atoms with E-state index in [1.165, 1.54) is 47.0 Å². The third-order valence-electron chi connectivity index (χ3n) is 5.70. The van der Waals surface area contributed by atoms with E-state index in [2.05, 4.69) is 42.3 Å². The summed E-state index contributed by atoms with van der Waals surface area (Å²) in [6, 6.07) is 6.54. The van der Waals surface area contributed by atoms with Crippen LogP contribution in [0, 0.1) is 5.92 Å². The van der Waals surface area contributed by atoms with Crippen LogP contribution in [-0.4, -0.2) is 23.1 Å². The molecular weight excluding hydrogens is 312 g/mol. The molecular formula is C21H28N2O2. The van der Waals surface area contributed by atoms with Crippen LogP contribution >= 0.6 is 0 Å². The zero-order valence-electron chi connectivity index (χ0n) is 15.3. The topological polar surface area (TPSA) is 54.1 Å². The van der Waals surface area contributed by atoms with E-state index in [-0.39, 0.29) is 17.4 Å². The summed E-state index contributed by atoms with van der Waals surface area (Å²) >= 11 is 0. The van der Waals surface area contributed by atoms with Crippen molar-refractivity contribution in [2.75, 3.05) is 6.61 Å². The van der Waals surface area contributed by atoms with Crippen LogP contribution in [0.1, 0.15) is 56.4 Å². The number of aryl methyl sites for hydroxylation is 2. The number of aromatic amines is 1. The van der Waals surface area contributed by atoms with Crippen LogP contribution in [0.3, 0.4) is 0 Å². The smallest absolute Gasteiger partial charge is 0.223 e. The highest BCUT2D eigenvalue weighted by molar-refractivity contribution is 5.86. The minimum atomic E-state index is -0.191. The third kappa shape index (κ3) is 3.45. The van der Waals surface area contributed by atoms with E-state index < -0.39 is 0 Å². The van der Waals surface area contributed by atoms with Crippen molar-refractivity contribution < 1.29 is 9.53 Å². The van der Waals surface area contributed by atoms with Crippen LogP contribution in [0.25, 0.3) is 10.9 Å². The van der Waals surface area contributed by atoms with Crippen molar-refractivity contribution in [3.05, 3.63) is 35.0 Å². The van der Waals surface area contributed by atoms with Gasteiger partial charge in [0.25, 0.3) is 0 Å². The lowest BCUT2D eigenvalue weighted by atomic mass is 9.88. The molecule has 0 radical (unpaired) electrons. The van der Waals surface area contributed by atoms with Crippen molar-refractivity contribution in [2.45, 2.75) is 64.5 Å². The molecule has 1 atom stereocenters. The molecule has 1 aromatic carbocycles. The van der Waals surface area contributed by atoms with Crippen molar-refractivity contribution in [1.29, 1.82) is 0 Å². The molecule has 1 aliphatic heterocycles. The Bertz CT molecular complexity index is 791. The van der Waals surface area contributed by atoms with E-state index in [4.69, 9.17) is 4.74 Å². The Hall–Kier alpha value is -1.81. The molecule has 2 aliphatic rings. The SMILES string of the molecule is CC1(C)CC(C(=O)NCc2ccc3[nH]c4c(c3c2)CCCC4)CCO1. The summed E-state index contributed by atoms with van der Waals surface area (Å²) in [4.78, 5) is 16.1. The second-order valence-electron chi connectivity index (χ2n) is 8.18. The monoisotopic (exact) mass is 340 g/mol. The number of amides is 1. The van der Waals surface area contributed by atoms with Gasteiger partial charge < -0.3 is 15.0 Å². The van der Waals surface area contributed by atoms with Gasteiger partial charge in [-0.1, -0.05) is 6.07 Å². The number of aromatic nitrogens is 1. The van der Waals surface area contributed by atoms with Gasteiger partial charge >= 0.3 is 0 Å². The number of fused-ring (bicyclic) bond motifs is 3. The van der Waals surface area contributed by atoms with Gasteiger partial charge in [0.15, 0.2) is 0 Å². The number of carbonyl (C=O) groups is 1. The van der Waals surface area contributed by atoms with E-state index in [1.807, 2.05) is 0 Å². The zero-order valence-corrected chi connectivity index (χ0v) is 15.3. The molecule has 1 fully saturated rings. The zero-order chi connectivity index (χ0) is 17.4. The first-order chi connectivity index (χ1) is 12.0. The van der Waals surface area contributed by atoms with Crippen LogP contribution < -0.4 is 5.32 Å². The number of ether oxygens (including phenoxy) is 1. The third-order valence-corrected chi connectivity index (χ3v) is 5.70. The molecule has 4 heteroatoms. The molecule has 4 rings (SSSR count). The maximum Gasteiger partial charge on any atom is 0.223 e. The summed E-state index contributed by atoms with van der Waals surface area (Å²) in [7, 11) is 0. The molecule has 1 amide bonds. The number of hydrogen-bond donors (Lipinski definition) is 2. The fraction of sp³-hybridized carbons (Fsp3) is 0.571. The normalized spacial score (nSPS) is 22.6. The molecule has 0 bridgehead atoms. The fourth-order valence-electron chi connectivity index (χ4n) is 4.35. The van der Waals surface area contributed by atoms with Gasteiger partial charge in [-0.2, -0.15) is 0 Å². The first-order valence-corrected chi connectivity index (χ1v) is 9.56. The molecule has 134 valence electrons. The Kier molecular flexibility index (Phi) is 4.32. The summed E-state index contributed by atoms with van der Waals surface area (Å²) in [6.45, 7) is 5.41. The Morgan fingerprint density at radius 1 is 1.32 bits per heavy atom. The number of H-pyrrole nitrogens is 1. The average molecular weight is 340 g/mol. The van der Waals surface area contributed by atoms with Crippen LogP contribution in [-0.2, 0) is 28.9 Å². The Labute approximate surface area is 149 Å². The number of hydrogen-bond acceptors (Lipinski definition) is 2. The summed E-state index contributed by atoms with van der Waals surface area (Å²) in [5.74, 6) is 0.222. The van der Waals surface area contributed by atoms with Gasteiger partial charge in [0.05, 0.1) is 5.60 Å². The molecule has 0 saturated carbocycles. The van der Waals surface area contributed by atoms with Crippen LogP contribution in [0.15, 0.2) is 18.2 Å². The standard InChI is InChI=1S/C21H28N2O2/c1-21(2)12-15(9-10-25-21)20(24)22-13-14-7-8-19-17(11-14)16-5-3-4-6-18(16)23-19/h7-8,11,15,23H,3-6,9-10,12-13H2,1-2H3,(H,22,24). The molecule has 1 aliphatic carbocycles. The van der Waals surface area contributed by atoms with Gasteiger partial charge in [-0.05, 0) is 75.6 Å². The van der Waals surface area contributed by atoms with Crippen molar-refractivity contribution >= 4 is 16.8 Å². The summed E-state index contributed by atoms with van der Waals surface area (Å²) in [5, 5.41) is 4.48. The van der Waals surface area contributed by atoms with E-state index in [9.17, 15) is 4.79 Å². The van der Waals surface area contributed by atoms with Gasteiger partial charge in [0.2, 0.25) is 5.91 Å². The number of nitrogens with one attached hydrogen (secondary N) is 2. The lowest BCUT2D eigenvalue weighted by Crippen LogP contribution is -2.41. The lowest BCUT2D eigenvalue weighted by molar-refractivity contribution is -0.135. The summed E-state index contributed by atoms with van der Waals surface area (Å²) in [5.41, 5.74) is 5.11. The van der Waals surface area contributed by atoms with Crippen molar-refractivity contribution in [2.24, 2.45) is 5.92 Å². The predicted molar refractivity (Wildman–Crippen MR) is 99.5 cm³/mol. The number of carbonyl (C=O) groups excluding carboxylic acids is 1. The number of benzene rings is 1. The molecule has 1 saturated heterocycles. The van der Waals surface area contributed by atoms with Gasteiger partial charge in [0, 0.05) is 35.7 Å². The van der Waals surface area contributed by atoms with Crippen LogP contribution in [0.4, 0.5) is 0 Å². The van der Waals surface area contributed by atoms with Crippen molar-refractivity contribution in [3.8, 4) is 0 Å². The first kappa shape index (κ1) is 16.6. The highest BCUT2D eigenvalue weighted by Gasteiger charge is 2.32. The minimum Gasteiger partial charge on any atom is -0.376 e. The van der Waals surface area contributed by atoms with Crippen molar-refractivity contribution in [1.82, 2.24) is 10.3 Å². The maximum atomic E-state index is 12.5. The quantitative estimate of drug-likeness (QED) is 0.891. The second kappa shape index (κ2) is 6.49. The van der Waals surface area contributed by atoms with Gasteiger partial charge in [-0.3, -0.25) is 4.79 Å². The molecule has 1 aromatic heterocycles. The maximum absolute atomic E-state index is 12.5. The van der Waals surface area contributed by atoms with Crippen LogP contribution in [0.5, 0.6) is 0 Å². The number of rotatable bonds is 3. The summed E-state index contributed by atoms with van der Waals surface area (Å²) < 4.78 is 5.72. The molecule has 2 heterocycles. The molecule has 25 heavy (non-hydrogen) atoms. The van der Waals surface area contributed by atoms with E-state index in [0.29, 0.717) is 13.2 Å². The van der Waals surface area contributed by atoms with Crippen LogP contribution in [0.2, 0.25) is 0 Å². The fourth-order valence-corrected chi connectivity index (χ4v) is 4.35. The molecule has 4 nitrogen and oxygen atoms in total. The Morgan fingerprint density at radius 3 is 3.00 bits per heavy atom. The lowest BCUT2D eigenvalue weighted by Gasteiger charge is -2.34. The highest BCUT2D eigenvalue weighted by atomic mass is 16.5. The Morgan fingerprint density at radius 2 is 2.16 bits per heavy atom. The highest BCUT2D eigenvalue weighted by Crippen LogP contribution is 2.30. The Balaban J connectivity index is 1.45. The largest absolute Gasteiger partial charge is 0.376 e. The predicted octanol–water partition coefficient (Wildman–Crippen LogP) is 3.87. The van der Waals surface area contributed by atoms with Gasteiger partial charge in [-0.15, -0.1) is 0 Å². The average Bonchev–Trinajstić information content (AvgIpc) is 2.97. The van der Waals surface area contributed by atoms with E-state index in [1.54, 1.807) is 0 Å². The molecule has 1 unspecified atom stereocenters. The second-order valence-corrected chi connectivity index (χ2v) is 8.18. The van der Waals surface area contributed by atoms with E-state index >= 15 is 0 Å². The van der Waals surface area contributed by atoms with Gasteiger partial charge in [0.1, 0.15) is 0 Å². The van der Waals surface area contributed by atoms with Crippen molar-refractivity contribution in [3.63, 3.8) is 0 Å². The molecule has 2 N–H and O–H groups in total. The van der Waals surface area contributed by atoms with E-state index in [0.717, 1.165) is 19.3 Å². The molecule has 0 spiro atoms.